The first-order valence-electron chi connectivity index (χ1n) is 17.9. The number of carbonyl (C=O) groups is 2. The van der Waals surface area contributed by atoms with Gasteiger partial charge in [-0.3, -0.25) is 4.79 Å². The number of allylic oxidation sites excluding steroid dienone is 3. The number of carboxylic acids is 1. The van der Waals surface area contributed by atoms with Crippen molar-refractivity contribution >= 4 is 17.3 Å². The number of carbonyl (C=O) groups excluding carboxylic acids is 1. The van der Waals surface area contributed by atoms with Crippen LogP contribution in [-0.4, -0.2) is 30.6 Å². The summed E-state index contributed by atoms with van der Waals surface area (Å²) in [4.78, 5) is 25.7. The van der Waals surface area contributed by atoms with E-state index in [1.165, 1.54) is 48.8 Å². The quantitative estimate of drug-likeness (QED) is 0.234. The van der Waals surface area contributed by atoms with Crippen molar-refractivity contribution in [2.75, 3.05) is 13.7 Å². The van der Waals surface area contributed by atoms with Gasteiger partial charge in [0.05, 0.1) is 5.56 Å². The summed E-state index contributed by atoms with van der Waals surface area (Å²) in [6.07, 6.45) is 14.4. The average Bonchev–Trinajstić information content (AvgIpc) is 3.39. The van der Waals surface area contributed by atoms with Crippen molar-refractivity contribution in [3.05, 3.63) is 53.6 Å². The van der Waals surface area contributed by atoms with Crippen molar-refractivity contribution in [2.24, 2.45) is 56.7 Å². The maximum absolute atomic E-state index is 14.2. The third-order valence-corrected chi connectivity index (χ3v) is 15.4. The maximum atomic E-state index is 14.2. The van der Waals surface area contributed by atoms with Gasteiger partial charge in [0.25, 0.3) is 0 Å². The maximum Gasteiger partial charge on any atom is 0.335 e. The highest BCUT2D eigenvalue weighted by Gasteiger charge is 2.71. The first-order chi connectivity index (χ1) is 21.2. The predicted octanol–water partition coefficient (Wildman–Crippen LogP) is 10.0. The molecule has 45 heavy (non-hydrogen) atoms. The summed E-state index contributed by atoms with van der Waals surface area (Å²) >= 11 is 0. The largest absolute Gasteiger partial charge is 0.478 e. The number of carboxylic acid groups (broad SMARTS) is 1. The number of rotatable bonds is 8. The van der Waals surface area contributed by atoms with Crippen LogP contribution >= 0.6 is 0 Å². The highest BCUT2D eigenvalue weighted by Crippen LogP contribution is 2.78. The Kier molecular flexibility index (Phi) is 8.15. The summed E-state index contributed by atoms with van der Waals surface area (Å²) in [5.41, 5.74) is 4.68. The third kappa shape index (κ3) is 4.61. The van der Waals surface area contributed by atoms with Crippen molar-refractivity contribution in [3.63, 3.8) is 0 Å². The van der Waals surface area contributed by atoms with Crippen molar-refractivity contribution < 1.29 is 19.4 Å². The molecule has 0 bridgehead atoms. The Balaban J connectivity index is 1.34. The molecule has 4 fully saturated rings. The molecule has 246 valence electrons. The summed E-state index contributed by atoms with van der Waals surface area (Å²) in [6.45, 7) is 20.2. The normalized spacial score (nSPS) is 41.6. The summed E-state index contributed by atoms with van der Waals surface area (Å²) in [5, 5.41) is 9.45. The summed E-state index contributed by atoms with van der Waals surface area (Å²) in [5.74, 6) is 2.31. The number of Topliss-reactive ketones (excluding diaryl/α,β-unsaturated/α-hetero) is 1. The molecule has 0 heterocycles. The number of ketones is 1. The number of hydrogen-bond acceptors (Lipinski definition) is 3. The van der Waals surface area contributed by atoms with Gasteiger partial charge in [-0.15, -0.1) is 0 Å². The lowest BCUT2D eigenvalue weighted by molar-refractivity contribution is -0.224. The molecule has 0 spiro atoms. The van der Waals surface area contributed by atoms with E-state index in [0.29, 0.717) is 54.0 Å². The Morgan fingerprint density at radius 3 is 2.27 bits per heavy atom. The first-order valence-corrected chi connectivity index (χ1v) is 17.9. The molecule has 0 saturated heterocycles. The van der Waals surface area contributed by atoms with Crippen LogP contribution in [0.5, 0.6) is 0 Å². The molecule has 4 saturated carbocycles. The van der Waals surface area contributed by atoms with Gasteiger partial charge in [-0.2, -0.15) is 0 Å². The Morgan fingerprint density at radius 2 is 1.62 bits per heavy atom. The van der Waals surface area contributed by atoms with Crippen molar-refractivity contribution in [3.8, 4) is 0 Å². The topological polar surface area (TPSA) is 63.6 Å². The van der Waals surface area contributed by atoms with Crippen LogP contribution in [0.15, 0.2) is 42.5 Å². The van der Waals surface area contributed by atoms with Gasteiger partial charge in [0.15, 0.2) is 0 Å². The molecule has 4 heteroatoms. The van der Waals surface area contributed by atoms with Crippen LogP contribution in [0.4, 0.5) is 0 Å². The molecule has 0 unspecified atom stereocenters. The van der Waals surface area contributed by atoms with E-state index in [0.717, 1.165) is 32.1 Å². The monoisotopic (exact) mass is 614 g/mol. The van der Waals surface area contributed by atoms with Gasteiger partial charge in [0.1, 0.15) is 5.78 Å². The van der Waals surface area contributed by atoms with Crippen LogP contribution in [0.25, 0.3) is 5.57 Å². The van der Waals surface area contributed by atoms with Gasteiger partial charge in [0.2, 0.25) is 0 Å². The third-order valence-electron chi connectivity index (χ3n) is 15.4. The molecule has 4 nitrogen and oxygen atoms in total. The van der Waals surface area contributed by atoms with Gasteiger partial charge >= 0.3 is 5.97 Å². The molecule has 1 N–H and O–H groups in total. The van der Waals surface area contributed by atoms with Gasteiger partial charge in [-0.1, -0.05) is 65.0 Å². The van der Waals surface area contributed by atoms with Crippen LogP contribution in [0.1, 0.15) is 128 Å². The summed E-state index contributed by atoms with van der Waals surface area (Å²) in [7, 11) is 1.74. The molecule has 0 aliphatic heterocycles. The zero-order chi connectivity index (χ0) is 32.6. The minimum atomic E-state index is -0.871. The van der Waals surface area contributed by atoms with E-state index >= 15 is 0 Å². The minimum Gasteiger partial charge on any atom is -0.478 e. The molecular formula is C41H58O4. The van der Waals surface area contributed by atoms with Crippen LogP contribution in [0, 0.1) is 56.7 Å². The van der Waals surface area contributed by atoms with Crippen molar-refractivity contribution in [1.29, 1.82) is 0 Å². The van der Waals surface area contributed by atoms with Gasteiger partial charge in [-0.05, 0) is 146 Å². The van der Waals surface area contributed by atoms with Crippen molar-refractivity contribution in [2.45, 2.75) is 112 Å². The Morgan fingerprint density at radius 1 is 0.911 bits per heavy atom. The molecule has 5 aliphatic rings. The fraction of sp³-hybridized carbons (Fsp3) is 0.707. The fourth-order valence-electron chi connectivity index (χ4n) is 13.1. The molecule has 0 radical (unpaired) electrons. The number of ether oxygens (including phenoxy) is 1. The highest BCUT2D eigenvalue weighted by molar-refractivity contribution is 5.88. The number of benzene rings is 1. The van der Waals surface area contributed by atoms with Crippen LogP contribution in [-0.2, 0) is 9.53 Å². The Bertz CT molecular complexity index is 1390. The molecule has 5 aliphatic carbocycles. The first kappa shape index (κ1) is 32.7. The summed E-state index contributed by atoms with van der Waals surface area (Å²) < 4.78 is 5.34. The standard InChI is InChI=1S/C41H58O4/c1-26(2)29-17-22-41(34(42)10-9-25-45-8)24-23-39(6)31(35(29)41)15-16-33-38(5)20-18-30(27-11-13-28(14-12-27)36(43)44)37(3,4)32(38)19-21-40(33,39)7/h11-14,18,29,31-33,35H,1,9-10,15-17,19-25H2,2-8H3,(H,43,44)/t29-,31+,32-,33+,35+,38-,39+,40+,41+/m0/s1. The summed E-state index contributed by atoms with van der Waals surface area (Å²) in [6, 6.07) is 7.55. The molecule has 0 amide bonds. The zero-order valence-corrected chi connectivity index (χ0v) is 29.1. The van der Waals surface area contributed by atoms with Gasteiger partial charge < -0.3 is 9.84 Å². The predicted molar refractivity (Wildman–Crippen MR) is 182 cm³/mol. The second-order valence-electron chi connectivity index (χ2n) is 17.3. The van der Waals surface area contributed by atoms with E-state index in [2.05, 4.69) is 54.2 Å². The molecule has 1 aromatic carbocycles. The van der Waals surface area contributed by atoms with Crippen LogP contribution in [0.2, 0.25) is 0 Å². The van der Waals surface area contributed by atoms with Gasteiger partial charge in [0, 0.05) is 25.6 Å². The van der Waals surface area contributed by atoms with Gasteiger partial charge in [-0.25, -0.2) is 4.79 Å². The van der Waals surface area contributed by atoms with E-state index in [9.17, 15) is 14.7 Å². The SMILES string of the molecule is C=C(C)[C@@H]1CC[C@]2(C(=O)CCCOC)CC[C@]3(C)[C@H](CC[C@@H]4[C@@]5(C)CC=C(c6ccc(C(=O)O)cc6)C(C)(C)[C@@H]5CC[C@]43C)[C@@H]12. The number of aromatic carboxylic acids is 1. The second kappa shape index (κ2) is 11.2. The van der Waals surface area contributed by atoms with Crippen LogP contribution < -0.4 is 0 Å². The lowest BCUT2D eigenvalue weighted by atomic mass is 9.32. The van der Waals surface area contributed by atoms with Crippen molar-refractivity contribution in [1.82, 2.24) is 0 Å². The fourth-order valence-corrected chi connectivity index (χ4v) is 13.1. The number of methoxy groups -OCH3 is 1. The average molecular weight is 615 g/mol. The smallest absolute Gasteiger partial charge is 0.335 e. The van der Waals surface area contributed by atoms with E-state index in [1.54, 1.807) is 19.2 Å². The number of hydrogen-bond donors (Lipinski definition) is 1. The van der Waals surface area contributed by atoms with E-state index in [1.807, 2.05) is 12.1 Å². The lowest BCUT2D eigenvalue weighted by Crippen LogP contribution is -2.65. The van der Waals surface area contributed by atoms with E-state index in [-0.39, 0.29) is 27.1 Å². The Hall–Kier alpha value is -2.20. The molecule has 6 rings (SSSR count). The molecule has 0 aromatic heterocycles. The number of fused-ring (bicyclic) bond motifs is 7. The lowest BCUT2D eigenvalue weighted by Gasteiger charge is -2.72. The van der Waals surface area contributed by atoms with E-state index < -0.39 is 5.97 Å². The second-order valence-corrected chi connectivity index (χ2v) is 17.3. The molecule has 9 atom stereocenters. The zero-order valence-electron chi connectivity index (χ0n) is 29.1. The molecular weight excluding hydrogens is 556 g/mol. The minimum absolute atomic E-state index is 0.00364. The Labute approximate surface area is 272 Å². The van der Waals surface area contributed by atoms with E-state index in [4.69, 9.17) is 4.74 Å². The highest BCUT2D eigenvalue weighted by atomic mass is 16.5. The van der Waals surface area contributed by atoms with Crippen LogP contribution in [0.3, 0.4) is 0 Å². The molecule has 1 aromatic rings.